The molecule has 0 aliphatic rings. The molecule has 0 fully saturated rings. The molecule has 0 aromatic heterocycles. The number of benzene rings is 2. The summed E-state index contributed by atoms with van der Waals surface area (Å²) in [6.07, 6.45) is 0. The highest BCUT2D eigenvalue weighted by molar-refractivity contribution is 6.39. The Morgan fingerprint density at radius 1 is 0.833 bits per heavy atom. The van der Waals surface area contributed by atoms with E-state index in [9.17, 15) is 0 Å². The molecule has 0 bridgehead atoms. The Labute approximate surface area is 116 Å². The number of rotatable bonds is 2. The van der Waals surface area contributed by atoms with Crippen LogP contribution in [0, 0.1) is 13.8 Å². The van der Waals surface area contributed by atoms with Crippen LogP contribution in [0.5, 0.6) is 11.5 Å². The van der Waals surface area contributed by atoms with E-state index in [1.165, 1.54) is 0 Å². The topological polar surface area (TPSA) is 35.2 Å². The first-order valence-corrected chi connectivity index (χ1v) is 6.22. The fourth-order valence-corrected chi connectivity index (χ4v) is 2.21. The normalized spacial score (nSPS) is 10.4. The minimum absolute atomic E-state index is 0.367. The predicted octanol–water partition coefficient (Wildman–Crippen LogP) is 4.98. The molecule has 0 heterocycles. The van der Waals surface area contributed by atoms with Crippen molar-refractivity contribution in [2.75, 3.05) is 5.73 Å². The van der Waals surface area contributed by atoms with E-state index in [1.54, 1.807) is 12.1 Å². The lowest BCUT2D eigenvalue weighted by Gasteiger charge is -2.10. The zero-order valence-corrected chi connectivity index (χ0v) is 11.6. The number of anilines is 1. The van der Waals surface area contributed by atoms with Gasteiger partial charge in [0.05, 0.1) is 15.7 Å². The lowest BCUT2D eigenvalue weighted by Crippen LogP contribution is -1.91. The molecular formula is C14H13Cl2NO. The average Bonchev–Trinajstić information content (AvgIpc) is 2.24. The Morgan fingerprint density at radius 2 is 1.28 bits per heavy atom. The van der Waals surface area contributed by atoms with Crippen LogP contribution in [-0.2, 0) is 0 Å². The molecule has 94 valence electrons. The molecule has 18 heavy (non-hydrogen) atoms. The highest BCUT2D eigenvalue weighted by Crippen LogP contribution is 2.34. The first-order valence-electron chi connectivity index (χ1n) is 5.46. The SMILES string of the molecule is Cc1cc(C)cc(Oc2cc(Cl)c(N)c(Cl)c2)c1. The molecule has 4 heteroatoms. The Kier molecular flexibility index (Phi) is 3.69. The van der Waals surface area contributed by atoms with Gasteiger partial charge in [0, 0.05) is 12.1 Å². The maximum atomic E-state index is 5.96. The quantitative estimate of drug-likeness (QED) is 0.788. The van der Waals surface area contributed by atoms with Gasteiger partial charge in [-0.15, -0.1) is 0 Å². The van der Waals surface area contributed by atoms with Crippen LogP contribution in [0.2, 0.25) is 10.0 Å². The van der Waals surface area contributed by atoms with Crippen molar-refractivity contribution >= 4 is 28.9 Å². The van der Waals surface area contributed by atoms with Crippen molar-refractivity contribution in [3.05, 3.63) is 51.5 Å². The maximum absolute atomic E-state index is 5.96. The minimum atomic E-state index is 0.367. The van der Waals surface area contributed by atoms with Crippen LogP contribution in [-0.4, -0.2) is 0 Å². The molecule has 0 amide bonds. The molecule has 0 radical (unpaired) electrons. The number of aryl methyl sites for hydroxylation is 2. The van der Waals surface area contributed by atoms with E-state index in [0.717, 1.165) is 16.9 Å². The van der Waals surface area contributed by atoms with Crippen LogP contribution in [0.3, 0.4) is 0 Å². The van der Waals surface area contributed by atoms with E-state index in [1.807, 2.05) is 26.0 Å². The third-order valence-corrected chi connectivity index (χ3v) is 3.11. The van der Waals surface area contributed by atoms with Gasteiger partial charge in [-0.05, 0) is 37.1 Å². The summed E-state index contributed by atoms with van der Waals surface area (Å²) in [6.45, 7) is 4.03. The van der Waals surface area contributed by atoms with E-state index < -0.39 is 0 Å². The monoisotopic (exact) mass is 281 g/mol. The van der Waals surface area contributed by atoms with Crippen LogP contribution in [0.15, 0.2) is 30.3 Å². The standard InChI is InChI=1S/C14H13Cl2NO/c1-8-3-9(2)5-10(4-8)18-11-6-12(15)14(17)13(16)7-11/h3-7H,17H2,1-2H3. The number of hydrogen-bond donors (Lipinski definition) is 1. The van der Waals surface area contributed by atoms with Gasteiger partial charge in [-0.3, -0.25) is 0 Å². The Bertz CT molecular complexity index is 553. The van der Waals surface area contributed by atoms with Crippen LogP contribution in [0.4, 0.5) is 5.69 Å². The van der Waals surface area contributed by atoms with Crippen LogP contribution < -0.4 is 10.5 Å². The zero-order valence-electron chi connectivity index (χ0n) is 10.1. The van der Waals surface area contributed by atoms with Crippen molar-refractivity contribution in [3.63, 3.8) is 0 Å². The summed E-state index contributed by atoms with van der Waals surface area (Å²) >= 11 is 11.9. The Hall–Kier alpha value is -1.38. The summed E-state index contributed by atoms with van der Waals surface area (Å²) in [4.78, 5) is 0. The van der Waals surface area contributed by atoms with Gasteiger partial charge in [0.15, 0.2) is 0 Å². The molecule has 2 aromatic rings. The molecule has 2 rings (SSSR count). The number of ether oxygens (including phenoxy) is 1. The Morgan fingerprint density at radius 3 is 1.78 bits per heavy atom. The van der Waals surface area contributed by atoms with Crippen molar-refractivity contribution in [3.8, 4) is 11.5 Å². The number of nitrogen functional groups attached to an aromatic ring is 1. The molecule has 2 N–H and O–H groups in total. The van der Waals surface area contributed by atoms with Crippen molar-refractivity contribution in [1.29, 1.82) is 0 Å². The summed E-state index contributed by atoms with van der Waals surface area (Å²) in [5.41, 5.74) is 8.31. The van der Waals surface area contributed by atoms with Crippen LogP contribution in [0.25, 0.3) is 0 Å². The molecule has 0 aliphatic carbocycles. The molecular weight excluding hydrogens is 269 g/mol. The van der Waals surface area contributed by atoms with Crippen LogP contribution >= 0.6 is 23.2 Å². The van der Waals surface area contributed by atoms with Crippen LogP contribution in [0.1, 0.15) is 11.1 Å². The molecule has 0 saturated carbocycles. The molecule has 2 aromatic carbocycles. The predicted molar refractivity (Wildman–Crippen MR) is 76.9 cm³/mol. The minimum Gasteiger partial charge on any atom is -0.457 e. The fourth-order valence-electron chi connectivity index (χ4n) is 1.75. The van der Waals surface area contributed by atoms with Gasteiger partial charge in [0.25, 0.3) is 0 Å². The summed E-state index contributed by atoms with van der Waals surface area (Å²) in [6, 6.07) is 9.28. The van der Waals surface area contributed by atoms with Gasteiger partial charge < -0.3 is 10.5 Å². The first kappa shape index (κ1) is 13.1. The molecule has 2 nitrogen and oxygen atoms in total. The van der Waals surface area contributed by atoms with E-state index in [2.05, 4.69) is 6.07 Å². The zero-order chi connectivity index (χ0) is 13.3. The summed E-state index contributed by atoms with van der Waals surface area (Å²) in [5, 5.41) is 0.781. The lowest BCUT2D eigenvalue weighted by atomic mass is 10.1. The number of nitrogens with two attached hydrogens (primary N) is 1. The van der Waals surface area contributed by atoms with Gasteiger partial charge in [-0.25, -0.2) is 0 Å². The number of hydrogen-bond acceptors (Lipinski definition) is 2. The van der Waals surface area contributed by atoms with E-state index >= 15 is 0 Å². The molecule has 0 atom stereocenters. The van der Waals surface area contributed by atoms with Crippen molar-refractivity contribution in [2.45, 2.75) is 13.8 Å². The Balaban J connectivity index is 2.34. The highest BCUT2D eigenvalue weighted by Gasteiger charge is 2.07. The fraction of sp³-hybridized carbons (Fsp3) is 0.143. The summed E-state index contributed by atoms with van der Waals surface area (Å²) < 4.78 is 5.73. The first-order chi connectivity index (χ1) is 8.45. The smallest absolute Gasteiger partial charge is 0.130 e. The maximum Gasteiger partial charge on any atom is 0.130 e. The van der Waals surface area contributed by atoms with Gasteiger partial charge in [-0.1, -0.05) is 29.3 Å². The van der Waals surface area contributed by atoms with Gasteiger partial charge >= 0.3 is 0 Å². The van der Waals surface area contributed by atoms with Crippen molar-refractivity contribution in [1.82, 2.24) is 0 Å². The van der Waals surface area contributed by atoms with E-state index in [4.69, 9.17) is 33.7 Å². The van der Waals surface area contributed by atoms with E-state index in [-0.39, 0.29) is 0 Å². The molecule has 0 spiro atoms. The largest absolute Gasteiger partial charge is 0.457 e. The lowest BCUT2D eigenvalue weighted by molar-refractivity contribution is 0.482. The second kappa shape index (κ2) is 5.09. The van der Waals surface area contributed by atoms with Crippen molar-refractivity contribution in [2.24, 2.45) is 0 Å². The molecule has 0 unspecified atom stereocenters. The summed E-state index contributed by atoms with van der Waals surface area (Å²) in [5.74, 6) is 1.33. The van der Waals surface area contributed by atoms with Gasteiger partial charge in [-0.2, -0.15) is 0 Å². The highest BCUT2D eigenvalue weighted by atomic mass is 35.5. The second-order valence-corrected chi connectivity index (χ2v) is 5.04. The third kappa shape index (κ3) is 2.89. The van der Waals surface area contributed by atoms with Gasteiger partial charge in [0.1, 0.15) is 11.5 Å². The molecule has 0 aliphatic heterocycles. The average molecular weight is 282 g/mol. The third-order valence-electron chi connectivity index (χ3n) is 2.48. The van der Waals surface area contributed by atoms with E-state index in [0.29, 0.717) is 21.5 Å². The van der Waals surface area contributed by atoms with Crippen molar-refractivity contribution < 1.29 is 4.74 Å². The number of halogens is 2. The van der Waals surface area contributed by atoms with Gasteiger partial charge in [0.2, 0.25) is 0 Å². The second-order valence-electron chi connectivity index (χ2n) is 4.23. The summed E-state index contributed by atoms with van der Waals surface area (Å²) in [7, 11) is 0. The molecule has 0 saturated heterocycles.